The lowest BCUT2D eigenvalue weighted by Crippen LogP contribution is -2.30. The van der Waals surface area contributed by atoms with Crippen LogP contribution in [0.4, 0.5) is 0 Å². The van der Waals surface area contributed by atoms with Gasteiger partial charge in [0.05, 0.1) is 18.9 Å². The van der Waals surface area contributed by atoms with Crippen molar-refractivity contribution < 1.29 is 23.8 Å². The minimum atomic E-state index is -0.735. The molecule has 1 saturated heterocycles. The van der Waals surface area contributed by atoms with Crippen LogP contribution in [0, 0.1) is 0 Å². The van der Waals surface area contributed by atoms with Crippen molar-refractivity contribution in [2.24, 2.45) is 0 Å². The van der Waals surface area contributed by atoms with Gasteiger partial charge in [0.25, 0.3) is 11.7 Å². The molecular formula is C24H29NO5. The molecule has 1 aromatic heterocycles. The molecule has 6 heteroatoms. The van der Waals surface area contributed by atoms with Crippen LogP contribution in [0.2, 0.25) is 0 Å². The van der Waals surface area contributed by atoms with Gasteiger partial charge in [-0.25, -0.2) is 0 Å². The molecular weight excluding hydrogens is 382 g/mol. The van der Waals surface area contributed by atoms with E-state index < -0.39 is 17.7 Å². The van der Waals surface area contributed by atoms with Gasteiger partial charge in [-0.2, -0.15) is 0 Å². The Hall–Kier alpha value is -3.02. The molecule has 1 amide bonds. The number of likely N-dealkylation sites (tertiary alicyclic amines) is 1. The number of ketones is 1. The van der Waals surface area contributed by atoms with E-state index in [0.717, 1.165) is 24.8 Å². The third-order valence-corrected chi connectivity index (χ3v) is 5.48. The molecule has 2 heterocycles. The Balaban J connectivity index is 2.11. The molecule has 1 N–H and O–H groups in total. The van der Waals surface area contributed by atoms with E-state index in [1.165, 1.54) is 11.2 Å². The lowest BCUT2D eigenvalue weighted by molar-refractivity contribution is -0.140. The lowest BCUT2D eigenvalue weighted by atomic mass is 9.95. The summed E-state index contributed by atoms with van der Waals surface area (Å²) in [5.74, 6) is -0.157. The van der Waals surface area contributed by atoms with Crippen molar-refractivity contribution in [2.45, 2.75) is 52.0 Å². The van der Waals surface area contributed by atoms with E-state index in [1.807, 2.05) is 19.9 Å². The van der Waals surface area contributed by atoms with E-state index in [1.54, 1.807) is 31.4 Å². The smallest absolute Gasteiger partial charge is 0.295 e. The molecule has 1 aliphatic heterocycles. The minimum absolute atomic E-state index is 0.0614. The van der Waals surface area contributed by atoms with Gasteiger partial charge in [0.15, 0.2) is 0 Å². The number of hydrogen-bond donors (Lipinski definition) is 1. The summed E-state index contributed by atoms with van der Waals surface area (Å²) >= 11 is 0. The second kappa shape index (κ2) is 9.20. The Kier molecular flexibility index (Phi) is 6.65. The van der Waals surface area contributed by atoms with Crippen LogP contribution in [0.25, 0.3) is 5.76 Å². The van der Waals surface area contributed by atoms with E-state index >= 15 is 0 Å². The maximum absolute atomic E-state index is 12.9. The molecule has 0 radical (unpaired) electrons. The van der Waals surface area contributed by atoms with Crippen molar-refractivity contribution in [1.82, 2.24) is 4.90 Å². The van der Waals surface area contributed by atoms with Crippen LogP contribution in [0.5, 0.6) is 5.75 Å². The van der Waals surface area contributed by atoms with Crippen LogP contribution in [0.15, 0.2) is 46.6 Å². The number of amides is 1. The number of aliphatic hydroxyl groups is 1. The fourth-order valence-electron chi connectivity index (χ4n) is 3.87. The summed E-state index contributed by atoms with van der Waals surface area (Å²) in [6.45, 7) is 6.56. The standard InChI is InChI=1S/C24H29NO5/c1-5-6-7-12-25-21(19-9-8-13-30-19)20(23(27)24(25)28)22(26)16-10-11-18(29-4)17(14-16)15(2)3/h8-11,13-15,21,26H,5-7,12H2,1-4H3/b22-20-. The minimum Gasteiger partial charge on any atom is -0.507 e. The maximum Gasteiger partial charge on any atom is 0.295 e. The number of hydrogen-bond acceptors (Lipinski definition) is 5. The van der Waals surface area contributed by atoms with Gasteiger partial charge in [0.1, 0.15) is 23.3 Å². The average molecular weight is 411 g/mol. The quantitative estimate of drug-likeness (QED) is 0.285. The molecule has 0 spiro atoms. The van der Waals surface area contributed by atoms with Gasteiger partial charge in [-0.05, 0) is 48.2 Å². The van der Waals surface area contributed by atoms with E-state index in [0.29, 0.717) is 23.6 Å². The summed E-state index contributed by atoms with van der Waals surface area (Å²) in [7, 11) is 1.60. The second-order valence-electron chi connectivity index (χ2n) is 7.83. The highest BCUT2D eigenvalue weighted by atomic mass is 16.5. The SMILES string of the molecule is CCCCCN1C(=O)C(=O)/C(=C(\O)c2ccc(OC)c(C(C)C)c2)C1c1ccco1. The zero-order valence-corrected chi connectivity index (χ0v) is 18.0. The summed E-state index contributed by atoms with van der Waals surface area (Å²) in [6, 6.07) is 7.98. The number of aliphatic hydroxyl groups excluding tert-OH is 1. The topological polar surface area (TPSA) is 80.0 Å². The molecule has 0 saturated carbocycles. The van der Waals surface area contributed by atoms with E-state index in [-0.39, 0.29) is 17.3 Å². The number of rotatable bonds is 8. The number of carbonyl (C=O) groups excluding carboxylic acids is 2. The third-order valence-electron chi connectivity index (χ3n) is 5.48. The molecule has 30 heavy (non-hydrogen) atoms. The monoisotopic (exact) mass is 411 g/mol. The first-order chi connectivity index (χ1) is 14.4. The first kappa shape index (κ1) is 21.7. The van der Waals surface area contributed by atoms with Gasteiger partial charge in [-0.1, -0.05) is 33.6 Å². The normalized spacial score (nSPS) is 18.4. The van der Waals surface area contributed by atoms with Crippen molar-refractivity contribution in [1.29, 1.82) is 0 Å². The van der Waals surface area contributed by atoms with Crippen LogP contribution in [0.1, 0.15) is 68.9 Å². The third kappa shape index (κ3) is 3.99. The highest BCUT2D eigenvalue weighted by Gasteiger charge is 2.47. The molecule has 1 fully saturated rings. The average Bonchev–Trinajstić information content (AvgIpc) is 3.35. The number of methoxy groups -OCH3 is 1. The van der Waals surface area contributed by atoms with Crippen molar-refractivity contribution in [3.8, 4) is 5.75 Å². The summed E-state index contributed by atoms with van der Waals surface area (Å²) in [5.41, 5.74) is 1.45. The van der Waals surface area contributed by atoms with E-state index in [4.69, 9.17) is 9.15 Å². The molecule has 1 aromatic carbocycles. The van der Waals surface area contributed by atoms with Gasteiger partial charge in [0, 0.05) is 12.1 Å². The van der Waals surface area contributed by atoms with Crippen LogP contribution in [-0.2, 0) is 9.59 Å². The van der Waals surface area contributed by atoms with Gasteiger partial charge >= 0.3 is 0 Å². The van der Waals surface area contributed by atoms with Crippen LogP contribution >= 0.6 is 0 Å². The van der Waals surface area contributed by atoms with Crippen LogP contribution in [0.3, 0.4) is 0 Å². The summed E-state index contributed by atoms with van der Waals surface area (Å²) in [6.07, 6.45) is 4.23. The molecule has 3 rings (SSSR count). The number of Topliss-reactive ketones (excluding diaryl/α,β-unsaturated/α-hetero) is 1. The molecule has 1 unspecified atom stereocenters. The highest BCUT2D eigenvalue weighted by molar-refractivity contribution is 6.46. The zero-order chi connectivity index (χ0) is 21.8. The number of benzene rings is 1. The van der Waals surface area contributed by atoms with Gasteiger partial charge < -0.3 is 19.2 Å². The summed E-state index contributed by atoms with van der Waals surface area (Å²) in [4.78, 5) is 27.2. The predicted molar refractivity (Wildman–Crippen MR) is 114 cm³/mol. The maximum atomic E-state index is 12.9. The second-order valence-corrected chi connectivity index (χ2v) is 7.83. The highest BCUT2D eigenvalue weighted by Crippen LogP contribution is 2.40. The molecule has 2 aromatic rings. The van der Waals surface area contributed by atoms with Crippen molar-refractivity contribution >= 4 is 17.4 Å². The van der Waals surface area contributed by atoms with Crippen molar-refractivity contribution in [2.75, 3.05) is 13.7 Å². The Morgan fingerprint density at radius 3 is 2.60 bits per heavy atom. The van der Waals surface area contributed by atoms with Crippen LogP contribution < -0.4 is 4.74 Å². The fourth-order valence-corrected chi connectivity index (χ4v) is 3.87. The van der Waals surface area contributed by atoms with Crippen LogP contribution in [-0.4, -0.2) is 35.4 Å². The summed E-state index contributed by atoms with van der Waals surface area (Å²) < 4.78 is 11.0. The van der Waals surface area contributed by atoms with E-state index in [2.05, 4.69) is 6.92 Å². The zero-order valence-electron chi connectivity index (χ0n) is 18.0. The first-order valence-electron chi connectivity index (χ1n) is 10.4. The molecule has 160 valence electrons. The van der Waals surface area contributed by atoms with Crippen molar-refractivity contribution in [3.63, 3.8) is 0 Å². The number of ether oxygens (including phenoxy) is 1. The predicted octanol–water partition coefficient (Wildman–Crippen LogP) is 5.02. The molecule has 1 aliphatic rings. The molecule has 6 nitrogen and oxygen atoms in total. The Labute approximate surface area is 177 Å². The largest absolute Gasteiger partial charge is 0.507 e. The number of carbonyl (C=O) groups is 2. The molecule has 1 atom stereocenters. The van der Waals surface area contributed by atoms with Gasteiger partial charge in [0.2, 0.25) is 0 Å². The summed E-state index contributed by atoms with van der Waals surface area (Å²) in [5, 5.41) is 11.1. The Morgan fingerprint density at radius 2 is 2.00 bits per heavy atom. The Bertz CT molecular complexity index is 943. The molecule has 0 aliphatic carbocycles. The molecule has 0 bridgehead atoms. The Morgan fingerprint density at radius 1 is 1.23 bits per heavy atom. The fraction of sp³-hybridized carbons (Fsp3) is 0.417. The van der Waals surface area contributed by atoms with Gasteiger partial charge in [-0.15, -0.1) is 0 Å². The first-order valence-corrected chi connectivity index (χ1v) is 10.4. The van der Waals surface area contributed by atoms with Crippen molar-refractivity contribution in [3.05, 3.63) is 59.1 Å². The number of nitrogens with zero attached hydrogens (tertiary/aromatic N) is 1. The number of unbranched alkanes of at least 4 members (excludes halogenated alkanes) is 2. The van der Waals surface area contributed by atoms with Gasteiger partial charge in [-0.3, -0.25) is 9.59 Å². The van der Waals surface area contributed by atoms with E-state index in [9.17, 15) is 14.7 Å². The number of furan rings is 1. The lowest BCUT2D eigenvalue weighted by Gasteiger charge is -2.23.